The van der Waals surface area contributed by atoms with Crippen LogP contribution in [0.1, 0.15) is 54.3 Å². The maximum absolute atomic E-state index is 11.8. The average molecular weight is 272 g/mol. The Bertz CT molecular complexity index is 669. The summed E-state index contributed by atoms with van der Waals surface area (Å²) in [6.07, 6.45) is 7.51. The number of carboxylic acids is 1. The number of Topliss-reactive ketones (excluding diaryl/α,β-unsaturated/α-hetero) is 1. The van der Waals surface area contributed by atoms with Crippen molar-refractivity contribution in [1.29, 1.82) is 0 Å². The molecule has 1 saturated carbocycles. The second kappa shape index (κ2) is 5.07. The zero-order valence-electron chi connectivity index (χ0n) is 11.1. The summed E-state index contributed by atoms with van der Waals surface area (Å²) >= 11 is 0. The van der Waals surface area contributed by atoms with Crippen molar-refractivity contribution in [2.45, 2.75) is 38.0 Å². The van der Waals surface area contributed by atoms with Gasteiger partial charge in [-0.25, -0.2) is 9.78 Å². The third kappa shape index (κ3) is 2.09. The minimum absolute atomic E-state index is 0.0543. The van der Waals surface area contributed by atoms with Crippen LogP contribution in [0.15, 0.2) is 24.4 Å². The lowest BCUT2D eigenvalue weighted by atomic mass is 9.89. The van der Waals surface area contributed by atoms with E-state index in [4.69, 9.17) is 5.11 Å². The zero-order chi connectivity index (χ0) is 14.1. The Kier molecular flexibility index (Phi) is 3.26. The Labute approximate surface area is 116 Å². The third-order valence-corrected chi connectivity index (χ3v) is 3.96. The fourth-order valence-corrected chi connectivity index (χ4v) is 2.98. The minimum atomic E-state index is -1.45. The molecule has 2 heterocycles. The van der Waals surface area contributed by atoms with Crippen molar-refractivity contribution < 1.29 is 14.7 Å². The van der Waals surface area contributed by atoms with E-state index in [0.717, 1.165) is 31.5 Å². The summed E-state index contributed by atoms with van der Waals surface area (Å²) in [6.45, 7) is 0. The largest absolute Gasteiger partial charge is 0.475 e. The van der Waals surface area contributed by atoms with E-state index in [-0.39, 0.29) is 5.69 Å². The first kappa shape index (κ1) is 12.8. The molecule has 1 N–H and O–H groups in total. The van der Waals surface area contributed by atoms with Gasteiger partial charge in [0.25, 0.3) is 5.78 Å². The van der Waals surface area contributed by atoms with Crippen molar-refractivity contribution in [2.75, 3.05) is 0 Å². The highest BCUT2D eigenvalue weighted by Gasteiger charge is 2.26. The van der Waals surface area contributed by atoms with Crippen LogP contribution in [-0.2, 0) is 4.79 Å². The highest BCUT2D eigenvalue weighted by molar-refractivity contribution is 6.40. The van der Waals surface area contributed by atoms with E-state index in [1.54, 1.807) is 12.1 Å². The zero-order valence-corrected chi connectivity index (χ0v) is 11.1. The monoisotopic (exact) mass is 272 g/mol. The average Bonchev–Trinajstić information content (AvgIpc) is 2.87. The van der Waals surface area contributed by atoms with E-state index < -0.39 is 11.8 Å². The summed E-state index contributed by atoms with van der Waals surface area (Å²) in [7, 11) is 0. The molecular weight excluding hydrogens is 256 g/mol. The van der Waals surface area contributed by atoms with Crippen molar-refractivity contribution in [1.82, 2.24) is 9.38 Å². The number of hydrogen-bond donors (Lipinski definition) is 1. The van der Waals surface area contributed by atoms with Gasteiger partial charge in [0.1, 0.15) is 11.5 Å². The number of rotatable bonds is 3. The number of carboxylic acid groups (broad SMARTS) is 1. The number of carbonyl (C=O) groups excluding carboxylic acids is 1. The molecule has 0 radical (unpaired) electrons. The molecule has 1 fully saturated rings. The third-order valence-electron chi connectivity index (χ3n) is 3.96. The summed E-state index contributed by atoms with van der Waals surface area (Å²) in [6, 6.07) is 5.41. The van der Waals surface area contributed by atoms with Gasteiger partial charge in [0, 0.05) is 12.1 Å². The Morgan fingerprint density at radius 3 is 2.65 bits per heavy atom. The normalized spacial score (nSPS) is 16.4. The number of aliphatic carboxylic acids is 1. The molecule has 1 aliphatic carbocycles. The van der Waals surface area contributed by atoms with Gasteiger partial charge in [0.2, 0.25) is 0 Å². The number of hydrogen-bond acceptors (Lipinski definition) is 3. The van der Waals surface area contributed by atoms with Crippen molar-refractivity contribution in [3.63, 3.8) is 0 Å². The molecule has 5 heteroatoms. The molecule has 2 aromatic heterocycles. The van der Waals surface area contributed by atoms with Crippen molar-refractivity contribution in [3.8, 4) is 0 Å². The minimum Gasteiger partial charge on any atom is -0.475 e. The van der Waals surface area contributed by atoms with Crippen LogP contribution in [0.4, 0.5) is 0 Å². The summed E-state index contributed by atoms with van der Waals surface area (Å²) in [5.74, 6) is -1.25. The molecule has 3 rings (SSSR count). The van der Waals surface area contributed by atoms with E-state index in [0.29, 0.717) is 11.4 Å². The fourth-order valence-electron chi connectivity index (χ4n) is 2.98. The SMILES string of the molecule is O=C(O)C(=O)c1nc(C2CCCCC2)n2ccccc12. The quantitative estimate of drug-likeness (QED) is 0.688. The predicted molar refractivity (Wildman–Crippen MR) is 73.0 cm³/mol. The molecule has 0 saturated heterocycles. The van der Waals surface area contributed by atoms with Gasteiger partial charge < -0.3 is 9.51 Å². The van der Waals surface area contributed by atoms with Crippen LogP contribution >= 0.6 is 0 Å². The molecule has 2 aromatic rings. The molecule has 20 heavy (non-hydrogen) atoms. The van der Waals surface area contributed by atoms with Crippen LogP contribution in [0.2, 0.25) is 0 Å². The van der Waals surface area contributed by atoms with E-state index in [1.165, 1.54) is 6.42 Å². The van der Waals surface area contributed by atoms with Gasteiger partial charge in [0.15, 0.2) is 0 Å². The number of imidazole rings is 1. The van der Waals surface area contributed by atoms with Crippen LogP contribution in [0.25, 0.3) is 5.52 Å². The molecule has 0 aromatic carbocycles. The lowest BCUT2D eigenvalue weighted by Crippen LogP contribution is -2.14. The van der Waals surface area contributed by atoms with Crippen LogP contribution in [0, 0.1) is 0 Å². The maximum atomic E-state index is 11.8. The summed E-state index contributed by atoms with van der Waals surface area (Å²) in [4.78, 5) is 27.1. The Balaban J connectivity index is 2.13. The van der Waals surface area contributed by atoms with Gasteiger partial charge in [-0.2, -0.15) is 0 Å². The number of ketones is 1. The smallest absolute Gasteiger partial charge is 0.379 e. The first-order chi connectivity index (χ1) is 9.68. The lowest BCUT2D eigenvalue weighted by Gasteiger charge is -2.20. The lowest BCUT2D eigenvalue weighted by molar-refractivity contribution is -0.131. The van der Waals surface area contributed by atoms with Crippen LogP contribution in [0.3, 0.4) is 0 Å². The first-order valence-electron chi connectivity index (χ1n) is 6.93. The predicted octanol–water partition coefficient (Wildman–Crippen LogP) is 2.65. The fraction of sp³-hybridized carbons (Fsp3) is 0.400. The summed E-state index contributed by atoms with van der Waals surface area (Å²) in [5.41, 5.74) is 0.638. The van der Waals surface area contributed by atoms with E-state index >= 15 is 0 Å². The Hall–Kier alpha value is -2.17. The highest BCUT2D eigenvalue weighted by atomic mass is 16.4. The molecule has 104 valence electrons. The topological polar surface area (TPSA) is 71.7 Å². The molecular formula is C15H16N2O3. The van der Waals surface area contributed by atoms with Gasteiger partial charge in [-0.3, -0.25) is 4.79 Å². The molecule has 0 spiro atoms. The van der Waals surface area contributed by atoms with Gasteiger partial charge in [-0.1, -0.05) is 25.3 Å². The van der Waals surface area contributed by atoms with Gasteiger partial charge in [0.05, 0.1) is 5.52 Å². The first-order valence-corrected chi connectivity index (χ1v) is 6.93. The van der Waals surface area contributed by atoms with E-state index in [9.17, 15) is 9.59 Å². The van der Waals surface area contributed by atoms with Crippen molar-refractivity contribution >= 4 is 17.3 Å². The van der Waals surface area contributed by atoms with Gasteiger partial charge in [-0.05, 0) is 25.0 Å². The number of fused-ring (bicyclic) bond motifs is 1. The number of pyridine rings is 1. The van der Waals surface area contributed by atoms with Crippen molar-refractivity contribution in [3.05, 3.63) is 35.9 Å². The molecule has 0 aliphatic heterocycles. The second-order valence-corrected chi connectivity index (χ2v) is 5.24. The Morgan fingerprint density at radius 2 is 1.95 bits per heavy atom. The van der Waals surface area contributed by atoms with E-state index in [2.05, 4.69) is 4.98 Å². The van der Waals surface area contributed by atoms with E-state index in [1.807, 2.05) is 16.7 Å². The molecule has 1 aliphatic rings. The summed E-state index contributed by atoms with van der Waals surface area (Å²) < 4.78 is 1.87. The molecule has 0 amide bonds. The van der Waals surface area contributed by atoms with Crippen LogP contribution < -0.4 is 0 Å². The number of aromatic nitrogens is 2. The van der Waals surface area contributed by atoms with Gasteiger partial charge in [-0.15, -0.1) is 0 Å². The molecule has 0 bridgehead atoms. The maximum Gasteiger partial charge on any atom is 0.379 e. The van der Waals surface area contributed by atoms with Crippen LogP contribution in [-0.4, -0.2) is 26.2 Å². The highest BCUT2D eigenvalue weighted by Crippen LogP contribution is 2.33. The number of carbonyl (C=O) groups is 2. The second-order valence-electron chi connectivity index (χ2n) is 5.24. The molecule has 0 unspecified atom stereocenters. The molecule has 0 atom stereocenters. The van der Waals surface area contributed by atoms with Gasteiger partial charge >= 0.3 is 5.97 Å². The van der Waals surface area contributed by atoms with Crippen molar-refractivity contribution in [2.24, 2.45) is 0 Å². The number of nitrogens with zero attached hydrogens (tertiary/aromatic N) is 2. The Morgan fingerprint density at radius 1 is 1.20 bits per heavy atom. The molecule has 5 nitrogen and oxygen atoms in total. The van der Waals surface area contributed by atoms with Crippen LogP contribution in [0.5, 0.6) is 0 Å². The summed E-state index contributed by atoms with van der Waals surface area (Å²) in [5, 5.41) is 8.92. The standard InChI is InChI=1S/C15H16N2O3/c18-13(15(19)20)12-11-8-4-5-9-17(11)14(16-12)10-6-2-1-3-7-10/h4-5,8-10H,1-3,6-7H2,(H,19,20).